The van der Waals surface area contributed by atoms with Crippen molar-refractivity contribution in [1.82, 2.24) is 14.1 Å². The van der Waals surface area contributed by atoms with Crippen LogP contribution in [0.5, 0.6) is 0 Å². The van der Waals surface area contributed by atoms with Gasteiger partial charge in [-0.2, -0.15) is 0 Å². The van der Waals surface area contributed by atoms with Gasteiger partial charge in [-0.15, -0.1) is 0 Å². The molecule has 0 fully saturated rings. The van der Waals surface area contributed by atoms with Gasteiger partial charge in [0.15, 0.2) is 0 Å². The van der Waals surface area contributed by atoms with Crippen molar-refractivity contribution >= 4 is 43.6 Å². The van der Waals surface area contributed by atoms with Crippen molar-refractivity contribution in [3.63, 3.8) is 0 Å². The van der Waals surface area contributed by atoms with Crippen LogP contribution in [0.1, 0.15) is 0 Å². The summed E-state index contributed by atoms with van der Waals surface area (Å²) in [6.45, 7) is 0. The van der Waals surface area contributed by atoms with Crippen molar-refractivity contribution < 1.29 is 0 Å². The fourth-order valence-electron chi connectivity index (χ4n) is 8.57. The van der Waals surface area contributed by atoms with Gasteiger partial charge in [0, 0.05) is 43.9 Å². The van der Waals surface area contributed by atoms with E-state index in [-0.39, 0.29) is 0 Å². The standard InChI is InChI=1S/C53H35N3/c1-4-16-36(17-5-1)39-22-14-23-41(34-39)55-49-28-12-10-24-44(49)46-31-30-40(35-51(46)55)42-26-15-27-47-45-25-11-13-29-50(45)56(52(42)47)53-43(37-18-6-2-7-19-37)32-33-48(54-53)38-20-8-3-9-21-38/h1-35H. The molecular weight excluding hydrogens is 679 g/mol. The molecule has 0 amide bonds. The van der Waals surface area contributed by atoms with Crippen LogP contribution in [0.3, 0.4) is 0 Å². The lowest BCUT2D eigenvalue weighted by Gasteiger charge is -2.17. The molecule has 0 radical (unpaired) electrons. The predicted molar refractivity (Wildman–Crippen MR) is 235 cm³/mol. The minimum absolute atomic E-state index is 0.907. The van der Waals surface area contributed by atoms with Gasteiger partial charge in [-0.05, 0) is 64.7 Å². The zero-order valence-electron chi connectivity index (χ0n) is 30.5. The zero-order valence-corrected chi connectivity index (χ0v) is 30.5. The number of para-hydroxylation sites is 3. The SMILES string of the molecule is c1ccc(-c2cccc(-n3c4ccccc4c4ccc(-c5cccc6c7ccccc7n(-c7nc(-c8ccccc8)ccc7-c7ccccc7)c56)cc43)c2)cc1. The van der Waals surface area contributed by atoms with Crippen LogP contribution in [0.25, 0.3) is 99.8 Å². The summed E-state index contributed by atoms with van der Waals surface area (Å²) in [6, 6.07) is 76.2. The van der Waals surface area contributed by atoms with E-state index in [1.807, 2.05) is 0 Å². The highest BCUT2D eigenvalue weighted by Crippen LogP contribution is 2.42. The second-order valence-electron chi connectivity index (χ2n) is 14.4. The second-order valence-corrected chi connectivity index (χ2v) is 14.4. The Morgan fingerprint density at radius 3 is 1.62 bits per heavy atom. The molecule has 3 nitrogen and oxygen atoms in total. The molecule has 0 atom stereocenters. The van der Waals surface area contributed by atoms with Crippen molar-refractivity contribution in [2.45, 2.75) is 0 Å². The molecule has 8 aromatic carbocycles. The molecule has 3 heterocycles. The summed E-state index contributed by atoms with van der Waals surface area (Å²) in [5.41, 5.74) is 14.7. The Kier molecular flexibility index (Phi) is 7.49. The molecule has 0 spiro atoms. The number of nitrogens with zero attached hydrogens (tertiary/aromatic N) is 3. The van der Waals surface area contributed by atoms with E-state index >= 15 is 0 Å². The third-order valence-electron chi connectivity index (χ3n) is 11.1. The largest absolute Gasteiger partial charge is 0.309 e. The molecule has 56 heavy (non-hydrogen) atoms. The Morgan fingerprint density at radius 2 is 0.875 bits per heavy atom. The zero-order chi connectivity index (χ0) is 37.0. The number of rotatable bonds is 6. The van der Waals surface area contributed by atoms with Gasteiger partial charge in [0.1, 0.15) is 5.82 Å². The number of hydrogen-bond acceptors (Lipinski definition) is 1. The summed E-state index contributed by atoms with van der Waals surface area (Å²) in [4.78, 5) is 5.52. The summed E-state index contributed by atoms with van der Waals surface area (Å²) in [7, 11) is 0. The Bertz CT molecular complexity index is 3230. The number of fused-ring (bicyclic) bond motifs is 6. The van der Waals surface area contributed by atoms with Crippen LogP contribution in [0.15, 0.2) is 212 Å². The van der Waals surface area contributed by atoms with E-state index in [0.717, 1.165) is 56.0 Å². The van der Waals surface area contributed by atoms with E-state index in [2.05, 4.69) is 221 Å². The molecule has 3 heteroatoms. The van der Waals surface area contributed by atoms with E-state index in [1.54, 1.807) is 0 Å². The molecule has 0 bridgehead atoms. The highest BCUT2D eigenvalue weighted by molar-refractivity contribution is 6.15. The van der Waals surface area contributed by atoms with Crippen LogP contribution in [-0.4, -0.2) is 14.1 Å². The van der Waals surface area contributed by atoms with Crippen molar-refractivity contribution in [1.29, 1.82) is 0 Å². The number of hydrogen-bond donors (Lipinski definition) is 0. The average Bonchev–Trinajstić information content (AvgIpc) is 3.80. The Balaban J connectivity index is 1.20. The second kappa shape index (κ2) is 13.1. The molecule has 0 saturated carbocycles. The van der Waals surface area contributed by atoms with Gasteiger partial charge in [-0.1, -0.05) is 170 Å². The van der Waals surface area contributed by atoms with Gasteiger partial charge < -0.3 is 4.57 Å². The maximum atomic E-state index is 5.52. The van der Waals surface area contributed by atoms with E-state index in [0.29, 0.717) is 0 Å². The maximum absolute atomic E-state index is 5.52. The Labute approximate surface area is 325 Å². The molecule has 0 N–H and O–H groups in total. The lowest BCUT2D eigenvalue weighted by atomic mass is 10.00. The van der Waals surface area contributed by atoms with Gasteiger partial charge in [-0.3, -0.25) is 4.57 Å². The quantitative estimate of drug-likeness (QED) is 0.168. The molecule has 0 aliphatic carbocycles. The Morgan fingerprint density at radius 1 is 0.304 bits per heavy atom. The third kappa shape index (κ3) is 5.17. The molecule has 0 unspecified atom stereocenters. The number of benzene rings is 8. The lowest BCUT2D eigenvalue weighted by Crippen LogP contribution is -2.03. The summed E-state index contributed by atoms with van der Waals surface area (Å²) in [5, 5.41) is 4.86. The van der Waals surface area contributed by atoms with Crippen LogP contribution >= 0.6 is 0 Å². The number of pyridine rings is 1. The lowest BCUT2D eigenvalue weighted by molar-refractivity contribution is 1.09. The molecule has 0 saturated heterocycles. The average molecular weight is 714 g/mol. The van der Waals surface area contributed by atoms with E-state index in [1.165, 1.54) is 43.7 Å². The van der Waals surface area contributed by atoms with Gasteiger partial charge in [0.25, 0.3) is 0 Å². The molecule has 11 aromatic rings. The first-order chi connectivity index (χ1) is 27.8. The van der Waals surface area contributed by atoms with Gasteiger partial charge >= 0.3 is 0 Å². The topological polar surface area (TPSA) is 22.8 Å². The van der Waals surface area contributed by atoms with Crippen LogP contribution in [-0.2, 0) is 0 Å². The van der Waals surface area contributed by atoms with Crippen LogP contribution < -0.4 is 0 Å². The van der Waals surface area contributed by atoms with Crippen LogP contribution in [0.2, 0.25) is 0 Å². The van der Waals surface area contributed by atoms with Crippen molar-refractivity contribution in [3.8, 4) is 56.1 Å². The summed E-state index contributed by atoms with van der Waals surface area (Å²) in [5.74, 6) is 0.907. The van der Waals surface area contributed by atoms with Crippen molar-refractivity contribution in [2.75, 3.05) is 0 Å². The molecule has 0 aliphatic heterocycles. The maximum Gasteiger partial charge on any atom is 0.146 e. The Hall–Kier alpha value is -7.49. The van der Waals surface area contributed by atoms with E-state index in [4.69, 9.17) is 4.98 Å². The minimum atomic E-state index is 0.907. The molecule has 11 rings (SSSR count). The third-order valence-corrected chi connectivity index (χ3v) is 11.1. The monoisotopic (exact) mass is 713 g/mol. The van der Waals surface area contributed by atoms with Crippen molar-refractivity contribution in [2.24, 2.45) is 0 Å². The molecule has 262 valence electrons. The van der Waals surface area contributed by atoms with Gasteiger partial charge in [0.2, 0.25) is 0 Å². The first kappa shape index (κ1) is 32.0. The number of aromatic nitrogens is 3. The van der Waals surface area contributed by atoms with E-state index in [9.17, 15) is 0 Å². The smallest absolute Gasteiger partial charge is 0.146 e. The summed E-state index contributed by atoms with van der Waals surface area (Å²) in [6.07, 6.45) is 0. The highest BCUT2D eigenvalue weighted by atomic mass is 15.1. The minimum Gasteiger partial charge on any atom is -0.309 e. The van der Waals surface area contributed by atoms with E-state index < -0.39 is 0 Å². The van der Waals surface area contributed by atoms with Crippen LogP contribution in [0, 0.1) is 0 Å². The summed E-state index contributed by atoms with van der Waals surface area (Å²) < 4.78 is 4.83. The highest BCUT2D eigenvalue weighted by Gasteiger charge is 2.22. The van der Waals surface area contributed by atoms with Gasteiger partial charge in [-0.25, -0.2) is 4.98 Å². The summed E-state index contributed by atoms with van der Waals surface area (Å²) >= 11 is 0. The molecular formula is C53H35N3. The normalized spacial score (nSPS) is 11.6. The molecule has 3 aromatic heterocycles. The van der Waals surface area contributed by atoms with Crippen molar-refractivity contribution in [3.05, 3.63) is 212 Å². The van der Waals surface area contributed by atoms with Gasteiger partial charge in [0.05, 0.1) is 27.8 Å². The fraction of sp³-hybridized carbons (Fsp3) is 0. The predicted octanol–water partition coefficient (Wildman–Crippen LogP) is 13.9. The molecule has 0 aliphatic rings. The first-order valence-corrected chi connectivity index (χ1v) is 19.1. The van der Waals surface area contributed by atoms with Crippen LogP contribution in [0.4, 0.5) is 0 Å². The fourth-order valence-corrected chi connectivity index (χ4v) is 8.57. The first-order valence-electron chi connectivity index (χ1n) is 19.1.